The maximum atomic E-state index is 13.6. The number of aromatic nitrogens is 8. The van der Waals surface area contributed by atoms with Crippen molar-refractivity contribution in [3.63, 3.8) is 0 Å². The Bertz CT molecular complexity index is 3120. The van der Waals surface area contributed by atoms with E-state index in [0.29, 0.717) is 52.5 Å². The van der Waals surface area contributed by atoms with Crippen molar-refractivity contribution in [1.29, 1.82) is 5.26 Å². The quantitative estimate of drug-likeness (QED) is 0.148. The average Bonchev–Trinajstić information content (AvgIpc) is 4.04. The predicted octanol–water partition coefficient (Wildman–Crippen LogP) is 7.58. The van der Waals surface area contributed by atoms with Gasteiger partial charge in [-0.15, -0.1) is 20.4 Å². The van der Waals surface area contributed by atoms with Gasteiger partial charge >= 0.3 is 0 Å². The van der Waals surface area contributed by atoms with Gasteiger partial charge in [-0.05, 0) is 97.5 Å². The summed E-state index contributed by atoms with van der Waals surface area (Å²) in [6, 6.07) is 26.5. The minimum absolute atomic E-state index is 0.108. The summed E-state index contributed by atoms with van der Waals surface area (Å²) in [6.45, 7) is 4.44. The highest BCUT2D eigenvalue weighted by atomic mass is 79.9. The molecule has 316 valence electrons. The zero-order valence-electron chi connectivity index (χ0n) is 34.3. The fourth-order valence-corrected chi connectivity index (χ4v) is 9.17. The van der Waals surface area contributed by atoms with Crippen LogP contribution < -0.4 is 30.4 Å². The Morgan fingerprint density at radius 3 is 1.53 bits per heavy atom. The molecular formula is C45H43Br2N11O4. The van der Waals surface area contributed by atoms with E-state index in [2.05, 4.69) is 68.1 Å². The van der Waals surface area contributed by atoms with Crippen molar-refractivity contribution in [3.8, 4) is 17.6 Å². The third kappa shape index (κ3) is 7.77. The molecule has 17 heteroatoms. The Labute approximate surface area is 373 Å². The molecule has 0 radical (unpaired) electrons. The van der Waals surface area contributed by atoms with Crippen LogP contribution in [0, 0.1) is 11.3 Å². The number of rotatable bonds is 8. The maximum absolute atomic E-state index is 13.6. The van der Waals surface area contributed by atoms with E-state index in [9.17, 15) is 9.59 Å². The van der Waals surface area contributed by atoms with E-state index in [4.69, 9.17) is 14.7 Å². The summed E-state index contributed by atoms with van der Waals surface area (Å²) in [6.07, 6.45) is 6.97. The maximum Gasteiger partial charge on any atom is 0.263 e. The van der Waals surface area contributed by atoms with Gasteiger partial charge in [-0.3, -0.25) is 18.7 Å². The van der Waals surface area contributed by atoms with E-state index in [1.165, 1.54) is 12.8 Å². The van der Waals surface area contributed by atoms with Gasteiger partial charge in [-0.25, -0.2) is 8.80 Å². The molecule has 8 aromatic rings. The number of nitriles is 1. The largest absolute Gasteiger partial charge is 0.493 e. The fourth-order valence-electron chi connectivity index (χ4n) is 8.45. The fraction of sp³-hybridized carbons (Fsp3) is 0.311. The Morgan fingerprint density at radius 2 is 1.05 bits per heavy atom. The molecule has 6 heterocycles. The van der Waals surface area contributed by atoms with E-state index in [1.54, 1.807) is 35.5 Å². The molecule has 0 unspecified atom stereocenters. The summed E-state index contributed by atoms with van der Waals surface area (Å²) in [5, 5.41) is 28.1. The summed E-state index contributed by atoms with van der Waals surface area (Å²) in [5.41, 5.74) is 3.81. The van der Waals surface area contributed by atoms with Crippen LogP contribution in [0.25, 0.3) is 33.4 Å². The lowest BCUT2D eigenvalue weighted by molar-refractivity contribution is 0.354. The highest BCUT2D eigenvalue weighted by molar-refractivity contribution is 9.10. The number of halogens is 2. The van der Waals surface area contributed by atoms with Crippen LogP contribution in [0.15, 0.2) is 97.4 Å². The van der Waals surface area contributed by atoms with Gasteiger partial charge in [-0.1, -0.05) is 62.9 Å². The molecule has 4 aromatic carbocycles. The highest BCUT2D eigenvalue weighted by Crippen LogP contribution is 2.30. The van der Waals surface area contributed by atoms with Crippen LogP contribution in [0.1, 0.15) is 55.2 Å². The van der Waals surface area contributed by atoms with Gasteiger partial charge < -0.3 is 19.3 Å². The summed E-state index contributed by atoms with van der Waals surface area (Å²) in [7, 11) is 3.21. The molecule has 4 aromatic heterocycles. The van der Waals surface area contributed by atoms with Gasteiger partial charge in [0.05, 0.1) is 60.7 Å². The molecule has 2 aliphatic rings. The smallest absolute Gasteiger partial charge is 0.263 e. The number of benzene rings is 4. The van der Waals surface area contributed by atoms with Gasteiger partial charge in [0.25, 0.3) is 11.1 Å². The number of hydrogen-bond donors (Lipinski definition) is 0. The highest BCUT2D eigenvalue weighted by Gasteiger charge is 2.24. The second-order valence-electron chi connectivity index (χ2n) is 15.5. The van der Waals surface area contributed by atoms with E-state index in [-0.39, 0.29) is 11.1 Å². The van der Waals surface area contributed by atoms with Gasteiger partial charge in [0.1, 0.15) is 0 Å². The molecule has 0 N–H and O–H groups in total. The van der Waals surface area contributed by atoms with E-state index < -0.39 is 0 Å². The van der Waals surface area contributed by atoms with Crippen LogP contribution in [0.3, 0.4) is 0 Å². The number of hydrogen-bond acceptors (Lipinski definition) is 11. The third-order valence-corrected chi connectivity index (χ3v) is 12.6. The Balaban J connectivity index is 0.000000159. The Hall–Kier alpha value is -6.25. The van der Waals surface area contributed by atoms with Crippen LogP contribution in [0.2, 0.25) is 0 Å². The minimum atomic E-state index is -0.112. The number of nitrogens with zero attached hydrogens (tertiary/aromatic N) is 11. The number of anilines is 2. The monoisotopic (exact) mass is 959 g/mol. The molecule has 62 heavy (non-hydrogen) atoms. The van der Waals surface area contributed by atoms with E-state index in [0.717, 1.165) is 94.9 Å². The molecule has 0 spiro atoms. The van der Waals surface area contributed by atoms with Gasteiger partial charge in [0.2, 0.25) is 23.5 Å². The van der Waals surface area contributed by atoms with Crippen LogP contribution >= 0.6 is 31.9 Å². The van der Waals surface area contributed by atoms with E-state index in [1.807, 2.05) is 75.5 Å². The molecule has 15 nitrogen and oxygen atoms in total. The van der Waals surface area contributed by atoms with Crippen molar-refractivity contribution in [2.75, 3.05) is 50.2 Å². The van der Waals surface area contributed by atoms with Gasteiger partial charge in [-0.2, -0.15) is 5.26 Å². The Morgan fingerprint density at radius 1 is 0.581 bits per heavy atom. The van der Waals surface area contributed by atoms with Gasteiger partial charge in [0.15, 0.2) is 11.5 Å². The molecule has 0 bridgehead atoms. The van der Waals surface area contributed by atoms with E-state index >= 15 is 0 Å². The van der Waals surface area contributed by atoms with Gasteiger partial charge in [0, 0.05) is 35.1 Å². The standard InChI is InChI=1S/C24H26BrN5O3.C21H17BrN6O/c1-32-20-10-7-16(13-21(20)33-2)15-29-22(31)18-14-17(25)8-9-19(18)30-23(26-27-24(29)30)28-11-5-3-4-6-12-28;22-16-7-8-18-17(11-16)19(29)27(13-15-5-3-14(12-23)4-6-15)21-25-24-20(28(18)21)26-9-1-2-10-26/h7-10,13-14H,3-6,11-12,15H2,1-2H3;3-8,11H,1-2,9-10,13H2. The molecule has 2 saturated heterocycles. The molecular weight excluding hydrogens is 918 g/mol. The molecule has 0 amide bonds. The molecule has 2 aliphatic heterocycles. The lowest BCUT2D eigenvalue weighted by Crippen LogP contribution is -2.28. The molecule has 0 saturated carbocycles. The topological polar surface area (TPSA) is 153 Å². The second kappa shape index (κ2) is 17.6. The lowest BCUT2D eigenvalue weighted by atomic mass is 10.1. The van der Waals surface area contributed by atoms with Crippen molar-refractivity contribution in [3.05, 3.63) is 125 Å². The zero-order valence-corrected chi connectivity index (χ0v) is 37.5. The van der Waals surface area contributed by atoms with Crippen molar-refractivity contribution in [2.45, 2.75) is 51.6 Å². The normalized spacial score (nSPS) is 14.3. The third-order valence-electron chi connectivity index (χ3n) is 11.6. The predicted molar refractivity (Wildman–Crippen MR) is 246 cm³/mol. The SMILES string of the molecule is COc1ccc(Cn2c(=O)c3cc(Br)ccc3n3c(N4CCCCCC4)nnc23)cc1OC.N#Cc1ccc(Cn2c(=O)c3cc(Br)ccc3n3c(N4CCCC4)nnc23)cc1. The van der Waals surface area contributed by atoms with Crippen LogP contribution in [-0.2, 0) is 13.1 Å². The number of fused-ring (bicyclic) bond motifs is 6. The molecule has 2 fully saturated rings. The summed E-state index contributed by atoms with van der Waals surface area (Å²) in [5.74, 6) is 3.89. The van der Waals surface area contributed by atoms with Crippen molar-refractivity contribution < 1.29 is 9.47 Å². The van der Waals surface area contributed by atoms with Crippen LogP contribution in [-0.4, -0.2) is 78.7 Å². The first-order chi connectivity index (χ1) is 30.3. The number of methoxy groups -OCH3 is 2. The van der Waals surface area contributed by atoms with Crippen molar-refractivity contribution in [2.24, 2.45) is 0 Å². The summed E-state index contributed by atoms with van der Waals surface area (Å²) >= 11 is 7.01. The van der Waals surface area contributed by atoms with Crippen LogP contribution in [0.4, 0.5) is 11.9 Å². The molecule has 0 atom stereocenters. The first-order valence-electron chi connectivity index (χ1n) is 20.6. The number of ether oxygens (including phenoxy) is 2. The average molecular weight is 962 g/mol. The summed E-state index contributed by atoms with van der Waals surface area (Å²) < 4.78 is 19.9. The second-order valence-corrected chi connectivity index (χ2v) is 17.3. The lowest BCUT2D eigenvalue weighted by Gasteiger charge is -2.21. The zero-order chi connectivity index (χ0) is 42.9. The summed E-state index contributed by atoms with van der Waals surface area (Å²) in [4.78, 5) is 31.5. The van der Waals surface area contributed by atoms with Crippen LogP contribution in [0.5, 0.6) is 11.5 Å². The molecule has 10 rings (SSSR count). The first kappa shape index (κ1) is 41.1. The minimum Gasteiger partial charge on any atom is -0.493 e. The Kier molecular flexibility index (Phi) is 11.7. The van der Waals surface area contributed by atoms with Crippen molar-refractivity contribution in [1.82, 2.24) is 38.3 Å². The first-order valence-corrected chi connectivity index (χ1v) is 22.2. The van der Waals surface area contributed by atoms with Crippen molar-refractivity contribution >= 4 is 77.1 Å². The molecule has 0 aliphatic carbocycles.